The third-order valence-electron chi connectivity index (χ3n) is 13.3. The van der Waals surface area contributed by atoms with Crippen LogP contribution in [0.15, 0.2) is 0 Å². The number of halogens is 12. The lowest BCUT2D eigenvalue weighted by Crippen LogP contribution is -2.18. The summed E-state index contributed by atoms with van der Waals surface area (Å²) in [7, 11) is 0. The van der Waals surface area contributed by atoms with E-state index >= 15 is 0 Å². The summed E-state index contributed by atoms with van der Waals surface area (Å²) in [5.41, 5.74) is 1.08. The fraction of sp³-hybridized carbons (Fsp3) is 1.00. The van der Waals surface area contributed by atoms with E-state index in [1.54, 1.807) is 0 Å². The van der Waals surface area contributed by atoms with Crippen molar-refractivity contribution < 1.29 is 52.7 Å². The summed E-state index contributed by atoms with van der Waals surface area (Å²) in [4.78, 5) is 0. The summed E-state index contributed by atoms with van der Waals surface area (Å²) in [5.74, 6) is 3.12. The Bertz CT molecular complexity index is 979. The minimum Gasteiger partial charge on any atom is -0.171 e. The summed E-state index contributed by atoms with van der Waals surface area (Å²) in [6, 6.07) is 0. The van der Waals surface area contributed by atoms with E-state index in [1.165, 1.54) is 164 Å². The minimum atomic E-state index is -3.99. The van der Waals surface area contributed by atoms with Crippen LogP contribution >= 0.6 is 0 Å². The van der Waals surface area contributed by atoms with Crippen LogP contribution in [0.3, 0.4) is 0 Å². The predicted molar refractivity (Wildman–Crippen MR) is 406 cm³/mol. The third kappa shape index (κ3) is 275. The van der Waals surface area contributed by atoms with E-state index in [0.29, 0.717) is 10.8 Å². The molecule has 0 rings (SSSR count). The van der Waals surface area contributed by atoms with Gasteiger partial charge in [-0.3, -0.25) is 0 Å². The second-order valence-corrected chi connectivity index (χ2v) is 27.8. The Kier molecular flexibility index (Phi) is 148. The van der Waals surface area contributed by atoms with Gasteiger partial charge in [-0.2, -0.15) is 52.7 Å². The van der Waals surface area contributed by atoms with Gasteiger partial charge in [-0.1, -0.05) is 406 Å². The SMILES string of the molecule is C.CCC.CCC(C)(C)C.CCC(C)(C)C.CCC(C)C.CCC(C)C.CCC(C)C.CCC(C)C(F)(F)F.CCC(C)C(F)(F)F.CCC(C)CC.CCC(C)CC.CCCC.CCCC.CCCC(C)C.CCCC(F)(F)F.CCCC(F)(F)F.CCCCC. The number of rotatable bonds is 17. The normalized spacial score (nSPS) is 11.0. The lowest BCUT2D eigenvalue weighted by Gasteiger charge is -2.12. The van der Waals surface area contributed by atoms with Gasteiger partial charge in [0, 0.05) is 12.8 Å². The number of hydrogen-bond acceptors (Lipinski definition) is 0. The minimum absolute atomic E-state index is 0. The monoisotopic (exact) mass is 1370 g/mol. The van der Waals surface area contributed by atoms with E-state index in [4.69, 9.17) is 0 Å². The molecule has 92 heavy (non-hydrogen) atoms. The van der Waals surface area contributed by atoms with Crippen LogP contribution in [0.5, 0.6) is 0 Å². The Labute approximate surface area is 578 Å². The largest absolute Gasteiger partial charge is 0.391 e. The van der Waals surface area contributed by atoms with Crippen molar-refractivity contribution in [2.24, 2.45) is 58.2 Å². The quantitative estimate of drug-likeness (QED) is 0.127. The van der Waals surface area contributed by atoms with Gasteiger partial charge in [0.15, 0.2) is 0 Å². The van der Waals surface area contributed by atoms with Crippen LogP contribution in [0, 0.1) is 58.2 Å². The van der Waals surface area contributed by atoms with Crippen molar-refractivity contribution in [2.45, 2.75) is 470 Å². The van der Waals surface area contributed by atoms with Gasteiger partial charge in [0.1, 0.15) is 0 Å². The maximum absolute atomic E-state index is 11.4. The fourth-order valence-corrected chi connectivity index (χ4v) is 2.54. The van der Waals surface area contributed by atoms with Gasteiger partial charge in [-0.15, -0.1) is 0 Å². The van der Waals surface area contributed by atoms with Crippen molar-refractivity contribution in [3.63, 3.8) is 0 Å². The Morgan fingerprint density at radius 3 is 0.424 bits per heavy atom. The molecule has 0 bridgehead atoms. The molecule has 0 heterocycles. The average molecular weight is 1370 g/mol. The van der Waals surface area contributed by atoms with E-state index < -0.39 is 49.4 Å². The van der Waals surface area contributed by atoms with E-state index in [9.17, 15) is 52.7 Å². The van der Waals surface area contributed by atoms with E-state index in [1.807, 2.05) is 0 Å². The highest BCUT2D eigenvalue weighted by molar-refractivity contribution is 4.59. The van der Waals surface area contributed by atoms with Crippen LogP contribution < -0.4 is 0 Å². The van der Waals surface area contributed by atoms with Crippen LogP contribution in [0.25, 0.3) is 0 Å². The van der Waals surface area contributed by atoms with Gasteiger partial charge in [0.05, 0.1) is 11.8 Å². The summed E-state index contributed by atoms with van der Waals surface area (Å²) < 4.78 is 135. The van der Waals surface area contributed by atoms with Crippen molar-refractivity contribution >= 4 is 0 Å². The Morgan fingerprint density at radius 2 is 0.424 bits per heavy atom. The topological polar surface area (TPSA) is 0 Å². The second kappa shape index (κ2) is 101. The molecule has 0 radical (unpaired) electrons. The first-order chi connectivity index (χ1) is 41.1. The van der Waals surface area contributed by atoms with Gasteiger partial charge in [-0.25, -0.2) is 0 Å². The summed E-state index contributed by atoms with van der Waals surface area (Å²) in [5, 5.41) is 0. The van der Waals surface area contributed by atoms with Crippen molar-refractivity contribution in [3.8, 4) is 0 Å². The predicted octanol–water partition coefficient (Wildman–Crippen LogP) is 36.1. The van der Waals surface area contributed by atoms with Crippen molar-refractivity contribution in [1.29, 1.82) is 0 Å². The van der Waals surface area contributed by atoms with Gasteiger partial charge in [-0.05, 0) is 72.0 Å². The van der Waals surface area contributed by atoms with Gasteiger partial charge in [0.25, 0.3) is 0 Å². The first-order valence-corrected chi connectivity index (χ1v) is 37.3. The maximum atomic E-state index is 11.4. The molecular formula is C80H182F12. The molecule has 0 saturated carbocycles. The van der Waals surface area contributed by atoms with Crippen LogP contribution in [0.1, 0.15) is 445 Å². The molecule has 586 valence electrons. The molecule has 0 fully saturated rings. The number of unbranched alkanes of at least 4 members (excludes halogenated alkanes) is 4. The summed E-state index contributed by atoms with van der Waals surface area (Å²) in [6.07, 6.45) is 8.59. The molecule has 0 aromatic carbocycles. The van der Waals surface area contributed by atoms with E-state index in [0.717, 1.165) is 35.5 Å². The zero-order valence-corrected chi connectivity index (χ0v) is 69.8. The van der Waals surface area contributed by atoms with Crippen molar-refractivity contribution in [2.75, 3.05) is 0 Å². The van der Waals surface area contributed by atoms with Crippen LogP contribution in [0.4, 0.5) is 52.7 Å². The molecule has 0 spiro atoms. The Morgan fingerprint density at radius 1 is 0.250 bits per heavy atom. The highest BCUT2D eigenvalue weighted by Crippen LogP contribution is 2.28. The Hall–Kier alpha value is -0.840. The van der Waals surface area contributed by atoms with Gasteiger partial charge < -0.3 is 0 Å². The van der Waals surface area contributed by atoms with Gasteiger partial charge >= 0.3 is 24.7 Å². The first-order valence-electron chi connectivity index (χ1n) is 37.3. The summed E-state index contributed by atoms with van der Waals surface area (Å²) >= 11 is 0. The molecule has 0 aromatic rings. The smallest absolute Gasteiger partial charge is 0.171 e. The zero-order valence-electron chi connectivity index (χ0n) is 69.8. The van der Waals surface area contributed by atoms with Gasteiger partial charge in [0.2, 0.25) is 0 Å². The van der Waals surface area contributed by atoms with Crippen molar-refractivity contribution in [1.82, 2.24) is 0 Å². The number of hydrogen-bond donors (Lipinski definition) is 0. The second-order valence-electron chi connectivity index (χ2n) is 27.8. The fourth-order valence-electron chi connectivity index (χ4n) is 2.54. The third-order valence-corrected chi connectivity index (χ3v) is 13.3. The molecule has 0 aliphatic heterocycles. The summed E-state index contributed by atoms with van der Waals surface area (Å²) in [6.45, 7) is 83.8. The maximum Gasteiger partial charge on any atom is 0.391 e. The molecule has 0 aromatic heterocycles. The molecule has 0 aliphatic carbocycles. The Balaban J connectivity index is -0.0000000437. The molecule has 0 aliphatic rings. The lowest BCUT2D eigenvalue weighted by molar-refractivity contribution is -0.170. The van der Waals surface area contributed by atoms with E-state index in [2.05, 4.69) is 235 Å². The molecule has 12 heteroatoms. The van der Waals surface area contributed by atoms with Crippen molar-refractivity contribution in [3.05, 3.63) is 0 Å². The molecule has 2 atom stereocenters. The molecule has 0 amide bonds. The van der Waals surface area contributed by atoms with Crippen LogP contribution in [0.2, 0.25) is 0 Å². The number of alkyl halides is 12. The molecular weight excluding hydrogens is 1190 g/mol. The van der Waals surface area contributed by atoms with Crippen LogP contribution in [-0.2, 0) is 0 Å². The highest BCUT2D eigenvalue weighted by Gasteiger charge is 2.34. The highest BCUT2D eigenvalue weighted by atomic mass is 19.4. The molecule has 0 saturated heterocycles. The lowest BCUT2D eigenvalue weighted by atomic mass is 9.94. The molecule has 0 nitrogen and oxygen atoms in total. The molecule has 0 N–H and O–H groups in total. The first kappa shape index (κ1) is 135. The standard InChI is InChI=1S/5C6H14.2C5H9F3.4C5H12.2C4H7F3.2C4H10.C3H8.CH4/c2*1-5-6(2,3)4;1-4-5-6(2)3;2*1-4-6(3)5-2;2*1-3-4(2)5(6,7)8;3*1-4-5(2)3;1-3-5-4-2;2*1-2-3-4(5,6)7;2*1-3-4-2;1-3-2;/h2*5H2,1-4H3;3*6H,4-5H2,1-3H3;2*4H,3H2,1-2H3;3*5H,4H2,1-3H3;3-5H2,1-2H3;2*2-3H2,1H3;2*3-4H2,1-2H3;3H2,1-2H3;1H4. The average Bonchev–Trinajstić information content (AvgIpc) is 3.67. The molecule has 2 unspecified atom stereocenters. The van der Waals surface area contributed by atoms with Crippen LogP contribution in [-0.4, -0.2) is 24.7 Å². The zero-order chi connectivity index (χ0) is 77.3. The van der Waals surface area contributed by atoms with E-state index in [-0.39, 0.29) is 33.1 Å².